The summed E-state index contributed by atoms with van der Waals surface area (Å²) < 4.78 is 33.0. The number of nitrogens with two attached hydrogens (primary N) is 2. The van der Waals surface area contributed by atoms with Crippen molar-refractivity contribution in [2.75, 3.05) is 19.5 Å². The summed E-state index contributed by atoms with van der Waals surface area (Å²) in [6.45, 7) is 2.10. The molecule has 0 radical (unpaired) electrons. The second-order valence-electron chi connectivity index (χ2n) is 3.63. The number of sulfonamides is 1. The fraction of sp³-hybridized carbons (Fsp3) is 0.400. The Balaban J connectivity index is 3.07. The Bertz CT molecular complexity index is 487. The molecule has 1 atom stereocenters. The van der Waals surface area contributed by atoms with Crippen molar-refractivity contribution >= 4 is 15.7 Å². The lowest BCUT2D eigenvalue weighted by Crippen LogP contribution is -2.21. The number of ether oxygens (including phenoxy) is 2. The van der Waals surface area contributed by atoms with Crippen molar-refractivity contribution in [3.63, 3.8) is 0 Å². The minimum Gasteiger partial charge on any atom is -0.487 e. The van der Waals surface area contributed by atoms with E-state index in [-0.39, 0.29) is 16.7 Å². The number of methoxy groups -OCH3 is 1. The molecule has 0 aliphatic carbocycles. The van der Waals surface area contributed by atoms with Crippen molar-refractivity contribution < 1.29 is 17.9 Å². The van der Waals surface area contributed by atoms with Crippen LogP contribution < -0.4 is 15.6 Å². The lowest BCUT2D eigenvalue weighted by atomic mass is 10.3. The number of rotatable bonds is 5. The first kappa shape index (κ1) is 13.8. The van der Waals surface area contributed by atoms with Gasteiger partial charge >= 0.3 is 0 Å². The fourth-order valence-corrected chi connectivity index (χ4v) is 2.03. The van der Waals surface area contributed by atoms with Crippen molar-refractivity contribution in [2.24, 2.45) is 5.14 Å². The van der Waals surface area contributed by atoms with Gasteiger partial charge in [0.25, 0.3) is 0 Å². The Labute approximate surface area is 101 Å². The molecule has 0 spiro atoms. The van der Waals surface area contributed by atoms with Crippen LogP contribution in [0.15, 0.2) is 23.1 Å². The number of anilines is 1. The van der Waals surface area contributed by atoms with E-state index < -0.39 is 10.0 Å². The van der Waals surface area contributed by atoms with E-state index in [2.05, 4.69) is 0 Å². The average molecular weight is 260 g/mol. The zero-order chi connectivity index (χ0) is 13.1. The topological polar surface area (TPSA) is 105 Å². The van der Waals surface area contributed by atoms with Gasteiger partial charge in [-0.25, -0.2) is 13.6 Å². The highest BCUT2D eigenvalue weighted by Crippen LogP contribution is 2.26. The molecular formula is C10H16N2O4S. The van der Waals surface area contributed by atoms with Crippen LogP contribution in [0.3, 0.4) is 0 Å². The van der Waals surface area contributed by atoms with Crippen LogP contribution in [-0.2, 0) is 14.8 Å². The number of nitrogen functional groups attached to an aromatic ring is 1. The van der Waals surface area contributed by atoms with Gasteiger partial charge in [0.05, 0.1) is 6.61 Å². The van der Waals surface area contributed by atoms with E-state index in [4.69, 9.17) is 20.3 Å². The number of hydrogen-bond donors (Lipinski definition) is 2. The summed E-state index contributed by atoms with van der Waals surface area (Å²) >= 11 is 0. The Hall–Kier alpha value is -1.31. The molecule has 0 aliphatic rings. The van der Waals surface area contributed by atoms with Crippen LogP contribution in [0, 0.1) is 0 Å². The summed E-state index contributed by atoms with van der Waals surface area (Å²) in [6, 6.07) is 4.29. The monoisotopic (exact) mass is 260 g/mol. The highest BCUT2D eigenvalue weighted by Gasteiger charge is 2.17. The minimum atomic E-state index is -3.86. The molecule has 96 valence electrons. The molecule has 4 N–H and O–H groups in total. The molecule has 1 aromatic rings. The Morgan fingerprint density at radius 1 is 1.41 bits per heavy atom. The smallest absolute Gasteiger partial charge is 0.241 e. The van der Waals surface area contributed by atoms with Crippen LogP contribution in [0.1, 0.15) is 6.92 Å². The molecule has 0 heterocycles. The molecule has 0 saturated carbocycles. The number of benzene rings is 1. The van der Waals surface area contributed by atoms with Gasteiger partial charge in [-0.2, -0.15) is 0 Å². The Morgan fingerprint density at radius 2 is 2.06 bits per heavy atom. The summed E-state index contributed by atoms with van der Waals surface area (Å²) in [5.41, 5.74) is 5.82. The third-order valence-electron chi connectivity index (χ3n) is 2.00. The van der Waals surface area contributed by atoms with Gasteiger partial charge in [0.2, 0.25) is 10.0 Å². The van der Waals surface area contributed by atoms with Crippen molar-refractivity contribution in [2.45, 2.75) is 17.9 Å². The van der Waals surface area contributed by atoms with Gasteiger partial charge in [0, 0.05) is 12.8 Å². The second-order valence-corrected chi connectivity index (χ2v) is 5.16. The highest BCUT2D eigenvalue weighted by molar-refractivity contribution is 7.89. The normalized spacial score (nSPS) is 13.4. The lowest BCUT2D eigenvalue weighted by Gasteiger charge is -2.16. The molecule has 1 rings (SSSR count). The summed E-state index contributed by atoms with van der Waals surface area (Å²) in [7, 11) is -2.33. The van der Waals surface area contributed by atoms with E-state index in [0.717, 1.165) is 0 Å². The van der Waals surface area contributed by atoms with Crippen LogP contribution in [0.4, 0.5) is 5.69 Å². The summed E-state index contributed by atoms with van der Waals surface area (Å²) in [5.74, 6) is 0.172. The molecular weight excluding hydrogens is 244 g/mol. The molecule has 0 aliphatic heterocycles. The van der Waals surface area contributed by atoms with Gasteiger partial charge in [0.1, 0.15) is 16.7 Å². The van der Waals surface area contributed by atoms with E-state index in [9.17, 15) is 8.42 Å². The first-order valence-corrected chi connectivity index (χ1v) is 6.47. The zero-order valence-electron chi connectivity index (χ0n) is 9.71. The third-order valence-corrected chi connectivity index (χ3v) is 2.94. The van der Waals surface area contributed by atoms with Crippen LogP contribution in [0.25, 0.3) is 0 Å². The first-order valence-electron chi connectivity index (χ1n) is 4.92. The predicted octanol–water partition coefficient (Wildman–Crippen LogP) is 0.330. The minimum absolute atomic E-state index is 0.125. The van der Waals surface area contributed by atoms with Gasteiger partial charge in [0.15, 0.2) is 0 Å². The third kappa shape index (κ3) is 3.88. The van der Waals surface area contributed by atoms with E-state index in [1.165, 1.54) is 19.2 Å². The molecule has 0 amide bonds. The molecule has 1 aromatic carbocycles. The first-order chi connectivity index (χ1) is 7.84. The van der Waals surface area contributed by atoms with Crippen LogP contribution >= 0.6 is 0 Å². The molecule has 6 nitrogen and oxygen atoms in total. The quantitative estimate of drug-likeness (QED) is 0.742. The Kier molecular flexibility index (Phi) is 4.33. The average Bonchev–Trinajstić information content (AvgIpc) is 2.19. The van der Waals surface area contributed by atoms with E-state index in [1.54, 1.807) is 13.0 Å². The number of hydrogen-bond acceptors (Lipinski definition) is 5. The standard InChI is InChI=1S/C10H16N2O4S/c1-7(6-15-2)16-9-4-3-8(11)5-10(9)17(12,13)14/h3-5,7H,6,11H2,1-2H3,(H2,12,13,14). The summed E-state index contributed by atoms with van der Waals surface area (Å²) in [4.78, 5) is -0.125. The number of primary sulfonamides is 1. The van der Waals surface area contributed by atoms with Crippen molar-refractivity contribution in [3.05, 3.63) is 18.2 Å². The van der Waals surface area contributed by atoms with Crippen molar-refractivity contribution in [1.29, 1.82) is 0 Å². The summed E-state index contributed by atoms with van der Waals surface area (Å²) in [5, 5.41) is 5.08. The van der Waals surface area contributed by atoms with Crippen LogP contribution in [-0.4, -0.2) is 28.2 Å². The van der Waals surface area contributed by atoms with Gasteiger partial charge in [-0.3, -0.25) is 0 Å². The van der Waals surface area contributed by atoms with Crippen LogP contribution in [0.5, 0.6) is 5.75 Å². The summed E-state index contributed by atoms with van der Waals surface area (Å²) in [6.07, 6.45) is -0.288. The maximum absolute atomic E-state index is 11.4. The van der Waals surface area contributed by atoms with Crippen LogP contribution in [0.2, 0.25) is 0 Å². The molecule has 0 fully saturated rings. The molecule has 7 heteroatoms. The largest absolute Gasteiger partial charge is 0.487 e. The van der Waals surface area contributed by atoms with Crippen molar-refractivity contribution in [3.8, 4) is 5.75 Å². The molecule has 0 aromatic heterocycles. The maximum Gasteiger partial charge on any atom is 0.241 e. The van der Waals surface area contributed by atoms with Gasteiger partial charge in [-0.05, 0) is 25.1 Å². The van der Waals surface area contributed by atoms with E-state index in [1.807, 2.05) is 0 Å². The highest BCUT2D eigenvalue weighted by atomic mass is 32.2. The lowest BCUT2D eigenvalue weighted by molar-refractivity contribution is 0.0901. The SMILES string of the molecule is COCC(C)Oc1ccc(N)cc1S(N)(=O)=O. The molecule has 1 unspecified atom stereocenters. The zero-order valence-corrected chi connectivity index (χ0v) is 10.5. The van der Waals surface area contributed by atoms with E-state index >= 15 is 0 Å². The van der Waals surface area contributed by atoms with E-state index in [0.29, 0.717) is 12.3 Å². The Morgan fingerprint density at radius 3 is 2.59 bits per heavy atom. The molecule has 17 heavy (non-hydrogen) atoms. The van der Waals surface area contributed by atoms with Gasteiger partial charge in [-0.1, -0.05) is 0 Å². The van der Waals surface area contributed by atoms with Gasteiger partial charge < -0.3 is 15.2 Å². The predicted molar refractivity (Wildman–Crippen MR) is 64.2 cm³/mol. The molecule has 0 saturated heterocycles. The van der Waals surface area contributed by atoms with Gasteiger partial charge in [-0.15, -0.1) is 0 Å². The second kappa shape index (κ2) is 5.35. The molecule has 0 bridgehead atoms. The van der Waals surface area contributed by atoms with Crippen molar-refractivity contribution in [1.82, 2.24) is 0 Å². The maximum atomic E-state index is 11.4. The fourth-order valence-electron chi connectivity index (χ4n) is 1.33.